The van der Waals surface area contributed by atoms with Crippen LogP contribution in [0.2, 0.25) is 0 Å². The largest absolute Gasteiger partial charge is 0.240 e. The van der Waals surface area contributed by atoms with E-state index in [4.69, 9.17) is 0 Å². The van der Waals surface area contributed by atoms with Crippen molar-refractivity contribution < 1.29 is 8.42 Å². The maximum Gasteiger partial charge on any atom is 0.240 e. The average molecular weight is 295 g/mol. The van der Waals surface area contributed by atoms with Gasteiger partial charge in [0.2, 0.25) is 10.0 Å². The molecule has 0 bridgehead atoms. The Morgan fingerprint density at radius 1 is 1.10 bits per heavy atom. The summed E-state index contributed by atoms with van der Waals surface area (Å²) >= 11 is 0. The van der Waals surface area contributed by atoms with E-state index in [1.54, 1.807) is 12.1 Å². The smallest absolute Gasteiger partial charge is 0.208 e. The molecule has 112 valence electrons. The topological polar surface area (TPSA) is 46.2 Å². The molecule has 0 radical (unpaired) electrons. The monoisotopic (exact) mass is 295 g/mol. The number of sulfonamides is 1. The summed E-state index contributed by atoms with van der Waals surface area (Å²) < 4.78 is 27.7. The summed E-state index contributed by atoms with van der Waals surface area (Å²) in [5.41, 5.74) is 1.16. The zero-order valence-electron chi connectivity index (χ0n) is 12.6. The molecule has 20 heavy (non-hydrogen) atoms. The van der Waals surface area contributed by atoms with Crippen LogP contribution in [0.25, 0.3) is 0 Å². The Hall–Kier alpha value is -0.870. The van der Waals surface area contributed by atoms with Crippen molar-refractivity contribution in [1.29, 1.82) is 0 Å². The third-order valence-corrected chi connectivity index (χ3v) is 5.78. The van der Waals surface area contributed by atoms with Crippen molar-refractivity contribution >= 4 is 10.0 Å². The highest BCUT2D eigenvalue weighted by molar-refractivity contribution is 7.89. The summed E-state index contributed by atoms with van der Waals surface area (Å²) in [6.45, 7) is 6.34. The van der Waals surface area contributed by atoms with E-state index < -0.39 is 10.0 Å². The lowest BCUT2D eigenvalue weighted by molar-refractivity contribution is 0.310. The minimum absolute atomic E-state index is 0.0820. The van der Waals surface area contributed by atoms with E-state index in [-0.39, 0.29) is 6.04 Å². The fraction of sp³-hybridized carbons (Fsp3) is 0.625. The molecule has 1 aliphatic rings. The maximum atomic E-state index is 12.4. The van der Waals surface area contributed by atoms with Crippen molar-refractivity contribution in [3.8, 4) is 0 Å². The van der Waals surface area contributed by atoms with E-state index in [0.29, 0.717) is 16.7 Å². The third-order valence-electron chi connectivity index (χ3n) is 4.28. The molecule has 0 amide bonds. The summed E-state index contributed by atoms with van der Waals surface area (Å²) in [4.78, 5) is 0.375. The number of nitrogens with one attached hydrogen (secondary N) is 1. The third kappa shape index (κ3) is 3.61. The first-order valence-corrected chi connectivity index (χ1v) is 9.01. The molecule has 2 atom stereocenters. The second kappa shape index (κ2) is 6.27. The van der Waals surface area contributed by atoms with Gasteiger partial charge in [-0.2, -0.15) is 0 Å². The molecule has 1 aliphatic carbocycles. The van der Waals surface area contributed by atoms with E-state index in [1.807, 2.05) is 12.1 Å². The minimum atomic E-state index is -3.39. The van der Waals surface area contributed by atoms with Gasteiger partial charge >= 0.3 is 0 Å². The van der Waals surface area contributed by atoms with Gasteiger partial charge in [-0.3, -0.25) is 0 Å². The highest BCUT2D eigenvalue weighted by atomic mass is 32.2. The van der Waals surface area contributed by atoms with E-state index in [2.05, 4.69) is 25.5 Å². The lowest BCUT2D eigenvalue weighted by Gasteiger charge is -2.29. The van der Waals surface area contributed by atoms with E-state index in [1.165, 1.54) is 6.42 Å². The number of hydrogen-bond acceptors (Lipinski definition) is 2. The van der Waals surface area contributed by atoms with E-state index in [0.717, 1.165) is 24.8 Å². The van der Waals surface area contributed by atoms with Crippen LogP contribution in [0.3, 0.4) is 0 Å². The van der Waals surface area contributed by atoms with Crippen LogP contribution in [-0.4, -0.2) is 14.5 Å². The summed E-state index contributed by atoms with van der Waals surface area (Å²) in [7, 11) is -3.39. The molecule has 3 nitrogen and oxygen atoms in total. The zero-order chi connectivity index (χ0) is 14.8. The van der Waals surface area contributed by atoms with Gasteiger partial charge < -0.3 is 0 Å². The van der Waals surface area contributed by atoms with Gasteiger partial charge in [0.05, 0.1) is 4.90 Å². The quantitative estimate of drug-likeness (QED) is 0.921. The van der Waals surface area contributed by atoms with Crippen LogP contribution >= 0.6 is 0 Å². The molecular weight excluding hydrogens is 270 g/mol. The van der Waals surface area contributed by atoms with Gasteiger partial charge in [0.15, 0.2) is 0 Å². The summed E-state index contributed by atoms with van der Waals surface area (Å²) in [5.74, 6) is 0.839. The van der Waals surface area contributed by atoms with Gasteiger partial charge in [-0.15, -0.1) is 0 Å². The Labute approximate surface area is 122 Å². The van der Waals surface area contributed by atoms with Crippen LogP contribution in [0.4, 0.5) is 0 Å². The molecule has 1 N–H and O–H groups in total. The molecule has 1 aromatic carbocycles. The van der Waals surface area contributed by atoms with Crippen LogP contribution in [0.1, 0.15) is 57.9 Å². The molecular formula is C16H25NO2S. The first-order chi connectivity index (χ1) is 9.40. The molecule has 0 aliphatic heterocycles. The Balaban J connectivity index is 2.13. The molecule has 2 rings (SSSR count). The van der Waals surface area contributed by atoms with Crippen molar-refractivity contribution in [1.82, 2.24) is 4.72 Å². The second-order valence-corrected chi connectivity index (χ2v) is 7.93. The lowest BCUT2D eigenvalue weighted by atomic mass is 9.87. The Bertz CT molecular complexity index is 534. The lowest BCUT2D eigenvalue weighted by Crippen LogP contribution is -2.40. The van der Waals surface area contributed by atoms with E-state index >= 15 is 0 Å². The number of rotatable bonds is 4. The highest BCUT2D eigenvalue weighted by Crippen LogP contribution is 2.25. The van der Waals surface area contributed by atoms with Gasteiger partial charge in [0.1, 0.15) is 0 Å². The Morgan fingerprint density at radius 2 is 1.70 bits per heavy atom. The van der Waals surface area contributed by atoms with Gasteiger partial charge in [0, 0.05) is 6.04 Å². The Kier molecular flexibility index (Phi) is 4.86. The van der Waals surface area contributed by atoms with Crippen molar-refractivity contribution in [3.05, 3.63) is 29.8 Å². The normalized spacial score (nSPS) is 24.0. The van der Waals surface area contributed by atoms with E-state index in [9.17, 15) is 8.42 Å². The molecule has 0 aromatic heterocycles. The summed E-state index contributed by atoms with van der Waals surface area (Å²) in [5, 5.41) is 0. The molecule has 2 unspecified atom stereocenters. The predicted octanol–water partition coefficient (Wildman–Crippen LogP) is 3.67. The van der Waals surface area contributed by atoms with Crippen LogP contribution in [0.5, 0.6) is 0 Å². The fourth-order valence-electron chi connectivity index (χ4n) is 2.79. The number of hydrogen-bond donors (Lipinski definition) is 1. The SMILES string of the molecule is CC(C)c1ccc(S(=O)(=O)NC2CCCCC2C)cc1. The first kappa shape index (κ1) is 15.5. The predicted molar refractivity (Wildman–Crippen MR) is 82.3 cm³/mol. The van der Waals surface area contributed by atoms with Crippen molar-refractivity contribution in [3.63, 3.8) is 0 Å². The Morgan fingerprint density at radius 3 is 2.25 bits per heavy atom. The standard InChI is InChI=1S/C16H25NO2S/c1-12(2)14-8-10-15(11-9-14)20(18,19)17-16-7-5-4-6-13(16)3/h8-13,16-17H,4-7H2,1-3H3. The molecule has 0 heterocycles. The summed E-state index contributed by atoms with van der Waals surface area (Å²) in [6.07, 6.45) is 4.39. The zero-order valence-corrected chi connectivity index (χ0v) is 13.4. The van der Waals surface area contributed by atoms with Gasteiger partial charge in [-0.05, 0) is 42.4 Å². The summed E-state index contributed by atoms with van der Waals surface area (Å²) in [6, 6.07) is 7.32. The molecule has 1 aromatic rings. The van der Waals surface area contributed by atoms with Crippen molar-refractivity contribution in [2.45, 2.75) is 63.3 Å². The van der Waals surface area contributed by atoms with Crippen molar-refractivity contribution in [2.24, 2.45) is 5.92 Å². The highest BCUT2D eigenvalue weighted by Gasteiger charge is 2.26. The second-order valence-electron chi connectivity index (χ2n) is 6.21. The molecule has 0 saturated heterocycles. The molecule has 4 heteroatoms. The van der Waals surface area contributed by atoms with Crippen molar-refractivity contribution in [2.75, 3.05) is 0 Å². The van der Waals surface area contributed by atoms with Gasteiger partial charge in [0.25, 0.3) is 0 Å². The maximum absolute atomic E-state index is 12.4. The average Bonchev–Trinajstić information content (AvgIpc) is 2.41. The fourth-order valence-corrected chi connectivity index (χ4v) is 4.17. The molecule has 1 fully saturated rings. The van der Waals surface area contributed by atoms with Crippen LogP contribution in [0.15, 0.2) is 29.2 Å². The van der Waals surface area contributed by atoms with Crippen LogP contribution < -0.4 is 4.72 Å². The van der Waals surface area contributed by atoms with Gasteiger partial charge in [-0.1, -0.05) is 45.7 Å². The first-order valence-electron chi connectivity index (χ1n) is 7.52. The number of benzene rings is 1. The molecule has 1 saturated carbocycles. The minimum Gasteiger partial charge on any atom is -0.208 e. The van der Waals surface area contributed by atoms with Crippen LogP contribution in [-0.2, 0) is 10.0 Å². The van der Waals surface area contributed by atoms with Crippen LogP contribution in [0, 0.1) is 5.92 Å². The molecule has 0 spiro atoms. The van der Waals surface area contributed by atoms with Gasteiger partial charge in [-0.25, -0.2) is 13.1 Å².